The summed E-state index contributed by atoms with van der Waals surface area (Å²) in [5.74, 6) is 0. The van der Waals surface area contributed by atoms with E-state index in [0.717, 1.165) is 0 Å². The molecule has 0 aliphatic heterocycles. The second kappa shape index (κ2) is 10.3. The van der Waals surface area contributed by atoms with E-state index in [1.54, 1.807) is 0 Å². The zero-order valence-corrected chi connectivity index (χ0v) is 8.73. The first kappa shape index (κ1) is 13.9. The van der Waals surface area contributed by atoms with Gasteiger partial charge in [-0.2, -0.15) is 0 Å². The summed E-state index contributed by atoms with van der Waals surface area (Å²) in [6.45, 7) is 5.82. The highest BCUT2D eigenvalue weighted by Gasteiger charge is 2.15. The molecule has 0 rings (SSSR count). The predicted molar refractivity (Wildman–Crippen MR) is 46.8 cm³/mol. The number of hydrogen-bond donors (Lipinski definition) is 1. The van der Waals surface area contributed by atoms with E-state index < -0.39 is 13.8 Å². The Labute approximate surface area is 73.7 Å². The molecule has 1 N–H and O–H groups in total. The van der Waals surface area contributed by atoms with Crippen LogP contribution in [0, 0.1) is 0 Å². The van der Waals surface area contributed by atoms with Gasteiger partial charge in [0.05, 0.1) is 0 Å². The van der Waals surface area contributed by atoms with Crippen molar-refractivity contribution in [2.24, 2.45) is 0 Å². The van der Waals surface area contributed by atoms with Crippen LogP contribution in [0.3, 0.4) is 0 Å². The summed E-state index contributed by atoms with van der Waals surface area (Å²) in [7, 11) is -2.52. The molecule has 11 heavy (non-hydrogen) atoms. The molecule has 0 fully saturated rings. The van der Waals surface area contributed by atoms with Crippen molar-refractivity contribution in [1.82, 2.24) is 0 Å². The van der Waals surface area contributed by atoms with Crippen LogP contribution in [0.25, 0.3) is 0 Å². The van der Waals surface area contributed by atoms with E-state index in [0.29, 0.717) is 0 Å². The molecule has 2 atom stereocenters. The summed E-state index contributed by atoms with van der Waals surface area (Å²) in [4.78, 5) is 7.93. The van der Waals surface area contributed by atoms with E-state index in [9.17, 15) is 4.57 Å². The van der Waals surface area contributed by atoms with Crippen LogP contribution in [0.5, 0.6) is 0 Å². The van der Waals surface area contributed by atoms with Crippen molar-refractivity contribution in [3.8, 4) is 0 Å². The van der Waals surface area contributed by atoms with E-state index in [2.05, 4.69) is 18.4 Å². The minimum Gasteiger partial charge on any atom is -0.133 e. The van der Waals surface area contributed by atoms with Crippen LogP contribution in [0.2, 0.25) is 0 Å². The largest absolute Gasteiger partial charge is 0.696 e. The summed E-state index contributed by atoms with van der Waals surface area (Å²) >= 11 is 5.11. The Morgan fingerprint density at radius 1 is 1.55 bits per heavy atom. The number of unbranched alkanes of at least 4 members (excludes halogenated alkanes) is 1. The molecule has 0 aliphatic carbocycles. The topological polar surface area (TPSA) is 46.5 Å². The molecule has 0 saturated heterocycles. The second-order valence-electron chi connectivity index (χ2n) is 1.89. The van der Waals surface area contributed by atoms with Crippen molar-refractivity contribution in [3.05, 3.63) is 0 Å². The van der Waals surface area contributed by atoms with Gasteiger partial charge < -0.3 is 0 Å². The standard InChI is InChI=1S/C4H10.C2H4ClO3P/c1-3-4-2;1-2(3)6-7(4)5/h3-4H2,1-2H3;2H,1H3/p+1. The lowest BCUT2D eigenvalue weighted by Crippen LogP contribution is -1.88. The van der Waals surface area contributed by atoms with Gasteiger partial charge >= 0.3 is 8.25 Å². The smallest absolute Gasteiger partial charge is 0.133 e. The summed E-state index contributed by atoms with van der Waals surface area (Å²) in [6, 6.07) is 0. The van der Waals surface area contributed by atoms with Crippen LogP contribution in [0.15, 0.2) is 0 Å². The third kappa shape index (κ3) is 25.3. The Kier molecular flexibility index (Phi) is 13.0. The lowest BCUT2D eigenvalue weighted by molar-refractivity contribution is 0.269. The molecule has 0 bridgehead atoms. The van der Waals surface area contributed by atoms with Gasteiger partial charge in [0.2, 0.25) is 0 Å². The molecule has 0 spiro atoms. The predicted octanol–water partition coefficient (Wildman–Crippen LogP) is 3.04. The van der Waals surface area contributed by atoms with Crippen LogP contribution < -0.4 is 0 Å². The van der Waals surface area contributed by atoms with Gasteiger partial charge in [-0.15, -0.1) is 4.89 Å². The third-order valence-corrected chi connectivity index (χ3v) is 1.45. The molecule has 0 aliphatic rings. The molecule has 0 saturated carbocycles. The first-order valence-electron chi connectivity index (χ1n) is 3.51. The van der Waals surface area contributed by atoms with Gasteiger partial charge in [-0.1, -0.05) is 42.8 Å². The van der Waals surface area contributed by atoms with E-state index in [4.69, 9.17) is 16.5 Å². The number of hydrogen-bond acceptors (Lipinski definition) is 2. The van der Waals surface area contributed by atoms with Crippen molar-refractivity contribution < 1.29 is 14.0 Å². The van der Waals surface area contributed by atoms with Gasteiger partial charge in [-0.25, -0.2) is 0 Å². The summed E-state index contributed by atoms with van der Waals surface area (Å²) < 4.78 is 13.7. The van der Waals surface area contributed by atoms with Crippen LogP contribution in [0.4, 0.5) is 0 Å². The zero-order chi connectivity index (χ0) is 9.28. The first-order chi connectivity index (χ1) is 5.04. The summed E-state index contributed by atoms with van der Waals surface area (Å²) in [6.07, 6.45) is 2.64. The van der Waals surface area contributed by atoms with Crippen molar-refractivity contribution in [2.45, 2.75) is 39.2 Å². The molecule has 3 nitrogen and oxygen atoms in total. The summed E-state index contributed by atoms with van der Waals surface area (Å²) in [5.41, 5.74) is -0.686. The van der Waals surface area contributed by atoms with Crippen LogP contribution in [0.1, 0.15) is 33.6 Å². The molecule has 0 aromatic heterocycles. The van der Waals surface area contributed by atoms with E-state index in [-0.39, 0.29) is 0 Å². The van der Waals surface area contributed by atoms with Crippen molar-refractivity contribution in [2.75, 3.05) is 0 Å². The number of halogens is 1. The van der Waals surface area contributed by atoms with Gasteiger partial charge in [0.15, 0.2) is 5.56 Å². The Hall–Kier alpha value is 0.310. The van der Waals surface area contributed by atoms with Gasteiger partial charge in [0.1, 0.15) is 0 Å². The van der Waals surface area contributed by atoms with Gasteiger partial charge in [-0.05, 0) is 6.92 Å². The quantitative estimate of drug-likeness (QED) is 0.564. The highest BCUT2D eigenvalue weighted by molar-refractivity contribution is 7.32. The molecule has 0 aromatic carbocycles. The van der Waals surface area contributed by atoms with E-state index >= 15 is 0 Å². The average Bonchev–Trinajstić information content (AvgIpc) is 1.85. The molecular weight excluding hydrogens is 186 g/mol. The zero-order valence-electron chi connectivity index (χ0n) is 7.08. The fourth-order valence-electron chi connectivity index (χ4n) is 0.124. The highest BCUT2D eigenvalue weighted by atomic mass is 35.5. The van der Waals surface area contributed by atoms with Crippen LogP contribution in [-0.2, 0) is 9.09 Å². The van der Waals surface area contributed by atoms with Crippen molar-refractivity contribution in [3.63, 3.8) is 0 Å². The fraction of sp³-hybridized carbons (Fsp3) is 1.00. The minimum atomic E-state index is -2.52. The summed E-state index contributed by atoms with van der Waals surface area (Å²) in [5, 5.41) is 0. The van der Waals surface area contributed by atoms with Crippen molar-refractivity contribution in [1.29, 1.82) is 0 Å². The Morgan fingerprint density at radius 3 is 1.91 bits per heavy atom. The van der Waals surface area contributed by atoms with Gasteiger partial charge in [0, 0.05) is 4.57 Å². The van der Waals surface area contributed by atoms with E-state index in [1.807, 2.05) is 0 Å². The normalized spacial score (nSPS) is 13.0. The molecule has 5 heteroatoms. The SMILES string of the molecule is CC(Cl)O[P+](=O)O.CCCC. The maximum Gasteiger partial charge on any atom is 0.696 e. The number of rotatable bonds is 3. The molecule has 68 valence electrons. The molecular formula is C6H15ClO3P+. The van der Waals surface area contributed by atoms with Crippen LogP contribution in [-0.4, -0.2) is 10.5 Å². The van der Waals surface area contributed by atoms with E-state index in [1.165, 1.54) is 19.8 Å². The van der Waals surface area contributed by atoms with Crippen LogP contribution >= 0.6 is 19.9 Å². The molecule has 0 heterocycles. The third-order valence-electron chi connectivity index (χ3n) is 0.735. The number of alkyl halides is 1. The second-order valence-corrected chi connectivity index (χ2v) is 3.19. The fourth-order valence-corrected chi connectivity index (χ4v) is 0.577. The maximum atomic E-state index is 9.65. The minimum absolute atomic E-state index is 0.686. The monoisotopic (exact) mass is 201 g/mol. The molecule has 0 radical (unpaired) electrons. The molecule has 2 unspecified atom stereocenters. The van der Waals surface area contributed by atoms with Crippen molar-refractivity contribution >= 4 is 19.9 Å². The Balaban J connectivity index is 0. The Morgan fingerprint density at radius 2 is 1.91 bits per heavy atom. The maximum absolute atomic E-state index is 9.65. The highest BCUT2D eigenvalue weighted by Crippen LogP contribution is 2.18. The average molecular weight is 202 g/mol. The van der Waals surface area contributed by atoms with Gasteiger partial charge in [-0.3, -0.25) is 0 Å². The lowest BCUT2D eigenvalue weighted by Gasteiger charge is -1.83. The van der Waals surface area contributed by atoms with Gasteiger partial charge in [0.25, 0.3) is 0 Å². The molecule has 0 aromatic rings. The lowest BCUT2D eigenvalue weighted by atomic mass is 10.4. The Bertz CT molecular complexity index is 95.8. The first-order valence-corrected chi connectivity index (χ1v) is 5.08. The molecule has 0 amide bonds.